The van der Waals surface area contributed by atoms with Gasteiger partial charge in [-0.3, -0.25) is 4.99 Å². The van der Waals surface area contributed by atoms with Gasteiger partial charge in [0.1, 0.15) is 5.82 Å². The Kier molecular flexibility index (Phi) is 6.59. The van der Waals surface area contributed by atoms with Gasteiger partial charge in [-0.1, -0.05) is 12.1 Å². The highest BCUT2D eigenvalue weighted by Crippen LogP contribution is 2.34. The topological polar surface area (TPSA) is 45.7 Å². The van der Waals surface area contributed by atoms with E-state index in [0.29, 0.717) is 5.25 Å². The number of halogens is 1. The Balaban J connectivity index is 1.62. The molecule has 2 heterocycles. The van der Waals surface area contributed by atoms with Crippen molar-refractivity contribution in [2.45, 2.75) is 36.3 Å². The Morgan fingerprint density at radius 3 is 2.68 bits per heavy atom. The van der Waals surface area contributed by atoms with Crippen LogP contribution in [0.5, 0.6) is 0 Å². The number of ether oxygens (including phenoxy) is 1. The van der Waals surface area contributed by atoms with E-state index in [1.807, 2.05) is 30.9 Å². The Morgan fingerprint density at radius 1 is 1.28 bits per heavy atom. The second-order valence-electron chi connectivity index (χ2n) is 6.84. The van der Waals surface area contributed by atoms with Gasteiger partial charge < -0.3 is 15.4 Å². The summed E-state index contributed by atoms with van der Waals surface area (Å²) in [5, 5.41) is 7.64. The van der Waals surface area contributed by atoms with Gasteiger partial charge in [0.25, 0.3) is 0 Å². The number of benzene rings is 1. The van der Waals surface area contributed by atoms with Crippen LogP contribution in [0.2, 0.25) is 0 Å². The molecule has 0 amide bonds. The van der Waals surface area contributed by atoms with Gasteiger partial charge in [0.2, 0.25) is 0 Å². The van der Waals surface area contributed by atoms with Crippen LogP contribution in [0.3, 0.4) is 0 Å². The summed E-state index contributed by atoms with van der Waals surface area (Å²) in [5.41, 5.74) is 1.14. The van der Waals surface area contributed by atoms with Gasteiger partial charge in [-0.05, 0) is 49.1 Å². The van der Waals surface area contributed by atoms with Crippen LogP contribution in [0.1, 0.15) is 31.2 Å². The third-order valence-electron chi connectivity index (χ3n) is 5.25. The van der Waals surface area contributed by atoms with Crippen molar-refractivity contribution in [2.24, 2.45) is 4.99 Å². The second kappa shape index (κ2) is 8.90. The van der Waals surface area contributed by atoms with Crippen LogP contribution in [0.15, 0.2) is 29.3 Å². The SMILES string of the molecule is CN=C(NCC1CCCS1)NCC1(c2ccc(F)cc2)CCOCC1. The zero-order valence-corrected chi connectivity index (χ0v) is 15.7. The molecular formula is C19H28FN3OS. The number of aliphatic imine (C=N–C) groups is 1. The molecule has 0 aromatic heterocycles. The third-order valence-corrected chi connectivity index (χ3v) is 6.64. The van der Waals surface area contributed by atoms with Crippen LogP contribution < -0.4 is 10.6 Å². The van der Waals surface area contributed by atoms with Crippen LogP contribution in [0.4, 0.5) is 4.39 Å². The minimum Gasteiger partial charge on any atom is -0.381 e. The summed E-state index contributed by atoms with van der Waals surface area (Å²) in [7, 11) is 1.81. The lowest BCUT2D eigenvalue weighted by atomic mass is 9.74. The molecule has 25 heavy (non-hydrogen) atoms. The van der Waals surface area contributed by atoms with Gasteiger partial charge in [-0.2, -0.15) is 11.8 Å². The molecule has 138 valence electrons. The fraction of sp³-hybridized carbons (Fsp3) is 0.632. The Bertz CT molecular complexity index is 567. The highest BCUT2D eigenvalue weighted by Gasteiger charge is 2.34. The summed E-state index contributed by atoms with van der Waals surface area (Å²) in [6.07, 6.45) is 4.46. The van der Waals surface area contributed by atoms with Gasteiger partial charge in [0, 0.05) is 44.0 Å². The molecule has 1 unspecified atom stereocenters. The number of rotatable bonds is 5. The molecule has 0 aliphatic carbocycles. The van der Waals surface area contributed by atoms with Crippen LogP contribution in [0.25, 0.3) is 0 Å². The highest BCUT2D eigenvalue weighted by atomic mass is 32.2. The summed E-state index contributed by atoms with van der Waals surface area (Å²) in [4.78, 5) is 4.37. The predicted molar refractivity (Wildman–Crippen MR) is 103 cm³/mol. The maximum Gasteiger partial charge on any atom is 0.191 e. The Morgan fingerprint density at radius 2 is 2.04 bits per heavy atom. The summed E-state index contributed by atoms with van der Waals surface area (Å²) >= 11 is 2.04. The minimum absolute atomic E-state index is 0.0360. The molecule has 4 nitrogen and oxygen atoms in total. The van der Waals surface area contributed by atoms with E-state index in [2.05, 4.69) is 15.6 Å². The molecule has 2 fully saturated rings. The lowest BCUT2D eigenvalue weighted by Gasteiger charge is -2.38. The molecule has 0 spiro atoms. The first kappa shape index (κ1) is 18.5. The van der Waals surface area contributed by atoms with Gasteiger partial charge >= 0.3 is 0 Å². The molecule has 0 bridgehead atoms. The average Bonchev–Trinajstić information content (AvgIpc) is 3.17. The molecule has 2 N–H and O–H groups in total. The second-order valence-corrected chi connectivity index (χ2v) is 8.25. The van der Waals surface area contributed by atoms with Crippen molar-refractivity contribution in [1.82, 2.24) is 10.6 Å². The monoisotopic (exact) mass is 365 g/mol. The van der Waals surface area contributed by atoms with E-state index < -0.39 is 0 Å². The first-order valence-electron chi connectivity index (χ1n) is 9.12. The van der Waals surface area contributed by atoms with Gasteiger partial charge in [0.05, 0.1) is 0 Å². The van der Waals surface area contributed by atoms with Crippen molar-refractivity contribution in [3.63, 3.8) is 0 Å². The first-order chi connectivity index (χ1) is 12.2. The molecular weight excluding hydrogens is 337 g/mol. The Hall–Kier alpha value is -1.27. The highest BCUT2D eigenvalue weighted by molar-refractivity contribution is 8.00. The van der Waals surface area contributed by atoms with Crippen LogP contribution >= 0.6 is 11.8 Å². The fourth-order valence-electron chi connectivity index (χ4n) is 3.62. The first-order valence-corrected chi connectivity index (χ1v) is 10.2. The smallest absolute Gasteiger partial charge is 0.191 e. The van der Waals surface area contributed by atoms with E-state index >= 15 is 0 Å². The van der Waals surface area contributed by atoms with Gasteiger partial charge in [0.15, 0.2) is 5.96 Å². The number of guanidine groups is 1. The normalized spacial score (nSPS) is 23.4. The van der Waals surface area contributed by atoms with Crippen LogP contribution in [0, 0.1) is 5.82 Å². The fourth-order valence-corrected chi connectivity index (χ4v) is 4.82. The lowest BCUT2D eigenvalue weighted by molar-refractivity contribution is 0.0513. The number of thioether (sulfide) groups is 1. The molecule has 1 aromatic rings. The van der Waals surface area contributed by atoms with Crippen molar-refractivity contribution < 1.29 is 9.13 Å². The number of hydrogen-bond donors (Lipinski definition) is 2. The van der Waals surface area contributed by atoms with E-state index in [1.165, 1.54) is 24.2 Å². The van der Waals surface area contributed by atoms with E-state index in [4.69, 9.17) is 4.74 Å². The van der Waals surface area contributed by atoms with E-state index in [1.54, 1.807) is 12.1 Å². The molecule has 0 radical (unpaired) electrons. The van der Waals surface area contributed by atoms with E-state index in [-0.39, 0.29) is 11.2 Å². The zero-order valence-electron chi connectivity index (χ0n) is 14.9. The quantitative estimate of drug-likeness (QED) is 0.622. The maximum atomic E-state index is 13.3. The maximum absolute atomic E-state index is 13.3. The van der Waals surface area contributed by atoms with Crippen molar-refractivity contribution in [3.8, 4) is 0 Å². The zero-order chi connectivity index (χ0) is 17.5. The van der Waals surface area contributed by atoms with Crippen molar-refractivity contribution in [2.75, 3.05) is 39.1 Å². The van der Waals surface area contributed by atoms with E-state index in [9.17, 15) is 4.39 Å². The molecule has 2 saturated heterocycles. The third kappa shape index (κ3) is 4.88. The molecule has 2 aliphatic rings. The summed E-state index contributed by atoms with van der Waals surface area (Å²) < 4.78 is 18.9. The standard InChI is InChI=1S/C19H28FN3OS/c1-21-18(22-13-17-3-2-12-25-17)23-14-19(8-10-24-11-9-19)15-4-6-16(20)7-5-15/h4-7,17H,2-3,8-14H2,1H3,(H2,21,22,23). The van der Waals surface area contributed by atoms with Crippen molar-refractivity contribution >= 4 is 17.7 Å². The molecule has 1 atom stereocenters. The van der Waals surface area contributed by atoms with Crippen molar-refractivity contribution in [3.05, 3.63) is 35.6 Å². The predicted octanol–water partition coefficient (Wildman–Crippen LogP) is 2.93. The lowest BCUT2D eigenvalue weighted by Crippen LogP contribution is -2.48. The van der Waals surface area contributed by atoms with Crippen LogP contribution in [-0.4, -0.2) is 50.3 Å². The summed E-state index contributed by atoms with van der Waals surface area (Å²) in [5.74, 6) is 1.93. The molecule has 2 aliphatic heterocycles. The Labute approximate surface area is 154 Å². The van der Waals surface area contributed by atoms with Gasteiger partial charge in [-0.25, -0.2) is 4.39 Å². The molecule has 3 rings (SSSR count). The molecule has 0 saturated carbocycles. The minimum atomic E-state index is -0.189. The van der Waals surface area contributed by atoms with Gasteiger partial charge in [-0.15, -0.1) is 0 Å². The largest absolute Gasteiger partial charge is 0.381 e. The van der Waals surface area contributed by atoms with E-state index in [0.717, 1.165) is 45.1 Å². The van der Waals surface area contributed by atoms with Crippen LogP contribution in [-0.2, 0) is 10.2 Å². The summed E-state index contributed by atoms with van der Waals surface area (Å²) in [6.45, 7) is 3.21. The number of nitrogens with one attached hydrogen (secondary N) is 2. The number of hydrogen-bond acceptors (Lipinski definition) is 3. The number of nitrogens with zero attached hydrogens (tertiary/aromatic N) is 1. The summed E-state index contributed by atoms with van der Waals surface area (Å²) in [6, 6.07) is 6.93. The molecule has 6 heteroatoms. The average molecular weight is 366 g/mol. The van der Waals surface area contributed by atoms with Crippen molar-refractivity contribution in [1.29, 1.82) is 0 Å². The molecule has 1 aromatic carbocycles.